The molecule has 1 fully saturated rings. The number of aromatic nitrogens is 1. The lowest BCUT2D eigenvalue weighted by atomic mass is 10.1. The molecule has 1 amide bonds. The van der Waals surface area contributed by atoms with Gasteiger partial charge in [0.2, 0.25) is 10.0 Å². The Morgan fingerprint density at radius 2 is 1.87 bits per heavy atom. The van der Waals surface area contributed by atoms with Gasteiger partial charge in [0, 0.05) is 25.5 Å². The van der Waals surface area contributed by atoms with Crippen LogP contribution in [0.1, 0.15) is 43.0 Å². The minimum absolute atomic E-state index is 0.0158. The molecule has 30 heavy (non-hydrogen) atoms. The van der Waals surface area contributed by atoms with Crippen LogP contribution in [0.15, 0.2) is 54.9 Å². The number of amides is 1. The summed E-state index contributed by atoms with van der Waals surface area (Å²) in [5, 5.41) is 11.4. The lowest BCUT2D eigenvalue weighted by Gasteiger charge is -2.33. The summed E-state index contributed by atoms with van der Waals surface area (Å²) < 4.78 is 33.4. The van der Waals surface area contributed by atoms with E-state index in [9.17, 15) is 13.2 Å². The number of piperidine rings is 1. The predicted molar refractivity (Wildman–Crippen MR) is 112 cm³/mol. The molecule has 162 valence electrons. The Morgan fingerprint density at radius 1 is 1.20 bits per heavy atom. The molecule has 1 aliphatic rings. The lowest BCUT2D eigenvalue weighted by molar-refractivity contribution is -0.0269. The van der Waals surface area contributed by atoms with Gasteiger partial charge in [0.25, 0.3) is 0 Å². The number of sulfonamides is 1. The number of pyridine rings is 1. The maximum absolute atomic E-state index is 12.9. The van der Waals surface area contributed by atoms with Crippen LogP contribution in [0.25, 0.3) is 0 Å². The number of carboxylic acid groups (broad SMARTS) is 1. The van der Waals surface area contributed by atoms with Crippen LogP contribution in [-0.2, 0) is 14.8 Å². The summed E-state index contributed by atoms with van der Waals surface area (Å²) in [6.07, 6.45) is 2.87. The summed E-state index contributed by atoms with van der Waals surface area (Å²) in [5.74, 6) is -0.350. The van der Waals surface area contributed by atoms with Gasteiger partial charge in [0.1, 0.15) is 0 Å². The van der Waals surface area contributed by atoms with Crippen molar-refractivity contribution in [2.24, 2.45) is 0 Å². The molecule has 2 N–H and O–H groups in total. The maximum Gasteiger partial charge on any atom is 0.405 e. The van der Waals surface area contributed by atoms with Crippen LogP contribution in [0, 0.1) is 0 Å². The van der Waals surface area contributed by atoms with E-state index in [2.05, 4.69) is 10.3 Å². The van der Waals surface area contributed by atoms with Gasteiger partial charge in [-0.1, -0.05) is 36.4 Å². The molecule has 1 aliphatic heterocycles. The first kappa shape index (κ1) is 22.2. The van der Waals surface area contributed by atoms with Crippen LogP contribution < -0.4 is 5.32 Å². The van der Waals surface area contributed by atoms with E-state index in [4.69, 9.17) is 9.84 Å². The average Bonchev–Trinajstić information content (AvgIpc) is 2.74. The van der Waals surface area contributed by atoms with Crippen LogP contribution in [0.5, 0.6) is 0 Å². The molecule has 1 aromatic carbocycles. The Morgan fingerprint density at radius 3 is 2.47 bits per heavy atom. The van der Waals surface area contributed by atoms with E-state index in [1.54, 1.807) is 18.3 Å². The van der Waals surface area contributed by atoms with E-state index < -0.39 is 22.2 Å². The monoisotopic (exact) mass is 433 g/mol. The highest BCUT2D eigenvalue weighted by atomic mass is 32.2. The van der Waals surface area contributed by atoms with Crippen LogP contribution in [0.3, 0.4) is 0 Å². The van der Waals surface area contributed by atoms with E-state index >= 15 is 0 Å². The third kappa shape index (κ3) is 6.01. The SMILES string of the molecule is CC(OC1CCN(S(=O)(=O)CC(NC(=O)O)c2cccnc2)CC1)c1ccccc1. The molecule has 0 radical (unpaired) electrons. The second kappa shape index (κ2) is 10.0. The Hall–Kier alpha value is -2.49. The van der Waals surface area contributed by atoms with Gasteiger partial charge in [-0.25, -0.2) is 17.5 Å². The summed E-state index contributed by atoms with van der Waals surface area (Å²) in [6.45, 7) is 2.69. The zero-order chi connectivity index (χ0) is 21.6. The van der Waals surface area contributed by atoms with Crippen molar-refractivity contribution in [1.29, 1.82) is 0 Å². The van der Waals surface area contributed by atoms with Gasteiger partial charge >= 0.3 is 6.09 Å². The molecule has 1 aromatic heterocycles. The molecule has 2 heterocycles. The summed E-state index contributed by atoms with van der Waals surface area (Å²) in [5.41, 5.74) is 1.60. The molecule has 1 saturated heterocycles. The number of nitrogens with one attached hydrogen (secondary N) is 1. The highest BCUT2D eigenvalue weighted by Gasteiger charge is 2.32. The first-order valence-corrected chi connectivity index (χ1v) is 11.5. The van der Waals surface area contributed by atoms with Gasteiger partial charge in [-0.15, -0.1) is 0 Å². The number of benzene rings is 1. The van der Waals surface area contributed by atoms with Crippen molar-refractivity contribution in [2.75, 3.05) is 18.8 Å². The molecule has 9 heteroatoms. The zero-order valence-corrected chi connectivity index (χ0v) is 17.7. The van der Waals surface area contributed by atoms with Crippen molar-refractivity contribution in [3.8, 4) is 0 Å². The molecule has 2 unspecified atom stereocenters. The number of ether oxygens (including phenoxy) is 1. The second-order valence-electron chi connectivity index (χ2n) is 7.35. The Bertz CT molecular complexity index is 916. The number of hydrogen-bond acceptors (Lipinski definition) is 5. The standard InChI is InChI=1S/C21H27N3O5S/c1-16(17-6-3-2-4-7-17)29-19-9-12-24(13-10-19)30(27,28)15-20(23-21(25)26)18-8-5-11-22-14-18/h2-8,11,14,16,19-20,23H,9-10,12-13,15H2,1H3,(H,25,26). The van der Waals surface area contributed by atoms with Gasteiger partial charge in [-0.3, -0.25) is 4.98 Å². The summed E-state index contributed by atoms with van der Waals surface area (Å²) in [7, 11) is -3.66. The molecule has 3 rings (SSSR count). The van der Waals surface area contributed by atoms with Crippen LogP contribution >= 0.6 is 0 Å². The third-order valence-corrected chi connectivity index (χ3v) is 7.13. The Labute approximate surface area is 176 Å². The molecule has 2 aromatic rings. The molecule has 0 saturated carbocycles. The molecule has 0 bridgehead atoms. The quantitative estimate of drug-likeness (QED) is 0.663. The van der Waals surface area contributed by atoms with Gasteiger partial charge in [-0.05, 0) is 37.0 Å². The summed E-state index contributed by atoms with van der Waals surface area (Å²) in [6, 6.07) is 12.3. The molecule has 2 atom stereocenters. The van der Waals surface area contributed by atoms with Gasteiger partial charge in [0.15, 0.2) is 0 Å². The zero-order valence-electron chi connectivity index (χ0n) is 16.8. The largest absolute Gasteiger partial charge is 0.465 e. The highest BCUT2D eigenvalue weighted by Crippen LogP contribution is 2.25. The van der Waals surface area contributed by atoms with E-state index in [-0.39, 0.29) is 18.0 Å². The summed E-state index contributed by atoms with van der Waals surface area (Å²) in [4.78, 5) is 15.1. The molecule has 0 aliphatic carbocycles. The minimum atomic E-state index is -3.66. The van der Waals surface area contributed by atoms with E-state index in [1.165, 1.54) is 10.5 Å². The van der Waals surface area contributed by atoms with Gasteiger partial charge in [0.05, 0.1) is 24.0 Å². The maximum atomic E-state index is 12.9. The first-order valence-electron chi connectivity index (χ1n) is 9.93. The highest BCUT2D eigenvalue weighted by molar-refractivity contribution is 7.89. The second-order valence-corrected chi connectivity index (χ2v) is 9.37. The smallest absolute Gasteiger partial charge is 0.405 e. The fraction of sp³-hybridized carbons (Fsp3) is 0.429. The number of hydrogen-bond donors (Lipinski definition) is 2. The topological polar surface area (TPSA) is 109 Å². The van der Waals surface area contributed by atoms with Gasteiger partial charge < -0.3 is 15.2 Å². The van der Waals surface area contributed by atoms with E-state index in [0.717, 1.165) is 5.56 Å². The summed E-state index contributed by atoms with van der Waals surface area (Å²) >= 11 is 0. The van der Waals surface area contributed by atoms with Crippen molar-refractivity contribution >= 4 is 16.1 Å². The first-order chi connectivity index (χ1) is 14.3. The average molecular weight is 434 g/mol. The number of carbonyl (C=O) groups is 1. The van der Waals surface area contributed by atoms with Gasteiger partial charge in [-0.2, -0.15) is 0 Å². The van der Waals surface area contributed by atoms with E-state index in [0.29, 0.717) is 31.5 Å². The number of rotatable bonds is 8. The minimum Gasteiger partial charge on any atom is -0.465 e. The fourth-order valence-electron chi connectivity index (χ4n) is 3.61. The van der Waals surface area contributed by atoms with Crippen LogP contribution in [0.4, 0.5) is 4.79 Å². The molecule has 0 spiro atoms. The molecule has 8 nitrogen and oxygen atoms in total. The predicted octanol–water partition coefficient (Wildman–Crippen LogP) is 2.96. The van der Waals surface area contributed by atoms with Crippen LogP contribution in [-0.4, -0.2) is 53.9 Å². The lowest BCUT2D eigenvalue weighted by Crippen LogP contribution is -2.44. The Balaban J connectivity index is 1.58. The molecular weight excluding hydrogens is 406 g/mol. The number of nitrogens with zero attached hydrogens (tertiary/aromatic N) is 2. The Kier molecular flexibility index (Phi) is 7.41. The van der Waals surface area contributed by atoms with Crippen molar-refractivity contribution in [3.63, 3.8) is 0 Å². The third-order valence-electron chi connectivity index (χ3n) is 5.22. The van der Waals surface area contributed by atoms with Crippen molar-refractivity contribution in [2.45, 2.75) is 38.0 Å². The van der Waals surface area contributed by atoms with Crippen molar-refractivity contribution < 1.29 is 23.1 Å². The van der Waals surface area contributed by atoms with Crippen LogP contribution in [0.2, 0.25) is 0 Å². The normalized spacial score (nSPS) is 17.9. The van der Waals surface area contributed by atoms with E-state index in [1.807, 2.05) is 37.3 Å². The van der Waals surface area contributed by atoms with Crippen molar-refractivity contribution in [1.82, 2.24) is 14.6 Å². The van der Waals surface area contributed by atoms with Crippen molar-refractivity contribution in [3.05, 3.63) is 66.0 Å². The fourth-order valence-corrected chi connectivity index (χ4v) is 5.28. The molecular formula is C21H27N3O5S.